The first-order valence-electron chi connectivity index (χ1n) is 6.43. The molecule has 1 aromatic rings. The number of hydrogen-bond acceptors (Lipinski definition) is 3. The average molecular weight is 284 g/mol. The van der Waals surface area contributed by atoms with Crippen LogP contribution in [0.3, 0.4) is 0 Å². The molecule has 1 heterocycles. The van der Waals surface area contributed by atoms with E-state index in [0.29, 0.717) is 13.0 Å². The van der Waals surface area contributed by atoms with Gasteiger partial charge in [0.25, 0.3) is 5.91 Å². The topological polar surface area (TPSA) is 43.8 Å². The van der Waals surface area contributed by atoms with Crippen molar-refractivity contribution >= 4 is 5.91 Å². The molecule has 0 aromatic heterocycles. The Bertz CT molecular complexity index is 502. The van der Waals surface area contributed by atoms with E-state index in [1.54, 1.807) is 0 Å². The lowest BCUT2D eigenvalue weighted by Crippen LogP contribution is -2.43. The SMILES string of the molecule is CN(C)C[C@]1(O)CCN(C(=O)c2c(F)cccc2F)C1. The highest BCUT2D eigenvalue weighted by Crippen LogP contribution is 2.25. The van der Waals surface area contributed by atoms with Crippen molar-refractivity contribution in [3.63, 3.8) is 0 Å². The first kappa shape index (κ1) is 14.9. The van der Waals surface area contributed by atoms with Gasteiger partial charge in [-0.25, -0.2) is 8.78 Å². The number of likely N-dealkylation sites (tertiary alicyclic amines) is 1. The molecule has 1 fully saturated rings. The van der Waals surface area contributed by atoms with E-state index in [1.165, 1.54) is 11.0 Å². The predicted molar refractivity (Wildman–Crippen MR) is 70.4 cm³/mol. The molecule has 1 aliphatic heterocycles. The van der Waals surface area contributed by atoms with Crippen LogP contribution in [0.25, 0.3) is 0 Å². The first-order valence-corrected chi connectivity index (χ1v) is 6.43. The molecule has 1 atom stereocenters. The monoisotopic (exact) mass is 284 g/mol. The predicted octanol–water partition coefficient (Wildman–Crippen LogP) is 1.10. The van der Waals surface area contributed by atoms with Gasteiger partial charge in [0.2, 0.25) is 0 Å². The summed E-state index contributed by atoms with van der Waals surface area (Å²) in [5.74, 6) is -2.47. The zero-order valence-corrected chi connectivity index (χ0v) is 11.6. The number of benzene rings is 1. The highest BCUT2D eigenvalue weighted by molar-refractivity contribution is 5.95. The maximum atomic E-state index is 13.6. The maximum absolute atomic E-state index is 13.6. The normalized spacial score (nSPS) is 22.6. The second-order valence-electron chi connectivity index (χ2n) is 5.54. The Morgan fingerprint density at radius 3 is 2.55 bits per heavy atom. The van der Waals surface area contributed by atoms with Crippen LogP contribution in [0.15, 0.2) is 18.2 Å². The quantitative estimate of drug-likeness (QED) is 0.904. The lowest BCUT2D eigenvalue weighted by Gasteiger charge is -2.26. The van der Waals surface area contributed by atoms with Crippen LogP contribution in [0.2, 0.25) is 0 Å². The largest absolute Gasteiger partial charge is 0.387 e. The molecule has 20 heavy (non-hydrogen) atoms. The fraction of sp³-hybridized carbons (Fsp3) is 0.500. The molecule has 1 saturated heterocycles. The number of likely N-dealkylation sites (N-methyl/N-ethyl adjacent to an activating group) is 1. The third-order valence-electron chi connectivity index (χ3n) is 3.41. The Labute approximate surface area is 116 Å². The summed E-state index contributed by atoms with van der Waals surface area (Å²) >= 11 is 0. The summed E-state index contributed by atoms with van der Waals surface area (Å²) in [5, 5.41) is 10.3. The van der Waals surface area contributed by atoms with Crippen LogP contribution in [0.5, 0.6) is 0 Å². The van der Waals surface area contributed by atoms with Crippen LogP contribution in [-0.2, 0) is 0 Å². The summed E-state index contributed by atoms with van der Waals surface area (Å²) in [5.41, 5.74) is -1.58. The number of carbonyl (C=O) groups excluding carboxylic acids is 1. The van der Waals surface area contributed by atoms with Crippen molar-refractivity contribution in [2.75, 3.05) is 33.7 Å². The van der Waals surface area contributed by atoms with Gasteiger partial charge in [-0.05, 0) is 32.6 Å². The van der Waals surface area contributed by atoms with Gasteiger partial charge in [-0.15, -0.1) is 0 Å². The summed E-state index contributed by atoms with van der Waals surface area (Å²) in [6.45, 7) is 0.769. The number of aliphatic hydroxyl groups is 1. The van der Waals surface area contributed by atoms with Gasteiger partial charge in [0.1, 0.15) is 17.2 Å². The standard InChI is InChI=1S/C14H18F2N2O2/c1-17(2)8-14(20)6-7-18(9-14)13(19)12-10(15)4-3-5-11(12)16/h3-5,20H,6-9H2,1-2H3/t14-/m1/s1. The number of β-amino-alcohol motifs (C(OH)–C–C–N with tert-alkyl or cyclic N) is 1. The molecule has 1 aliphatic rings. The molecule has 6 heteroatoms. The van der Waals surface area contributed by atoms with Gasteiger partial charge in [0.05, 0.1) is 12.1 Å². The Morgan fingerprint density at radius 2 is 2.00 bits per heavy atom. The first-order chi connectivity index (χ1) is 9.32. The highest BCUT2D eigenvalue weighted by Gasteiger charge is 2.39. The molecular weight excluding hydrogens is 266 g/mol. The van der Waals surface area contributed by atoms with E-state index in [2.05, 4.69) is 0 Å². The minimum absolute atomic E-state index is 0.0811. The van der Waals surface area contributed by atoms with Crippen LogP contribution in [-0.4, -0.2) is 60.1 Å². The van der Waals surface area contributed by atoms with Crippen LogP contribution in [0, 0.1) is 11.6 Å². The molecule has 1 amide bonds. The van der Waals surface area contributed by atoms with E-state index < -0.39 is 28.7 Å². The van der Waals surface area contributed by atoms with E-state index >= 15 is 0 Å². The molecule has 0 aliphatic carbocycles. The van der Waals surface area contributed by atoms with Gasteiger partial charge >= 0.3 is 0 Å². The third-order valence-corrected chi connectivity index (χ3v) is 3.41. The minimum atomic E-state index is -1.03. The fourth-order valence-electron chi connectivity index (χ4n) is 2.61. The Balaban J connectivity index is 2.16. The van der Waals surface area contributed by atoms with Crippen LogP contribution < -0.4 is 0 Å². The lowest BCUT2D eigenvalue weighted by atomic mass is 10.0. The highest BCUT2D eigenvalue weighted by atomic mass is 19.1. The summed E-state index contributed by atoms with van der Waals surface area (Å²) in [7, 11) is 3.64. The molecule has 0 bridgehead atoms. The van der Waals surface area contributed by atoms with Gasteiger partial charge < -0.3 is 14.9 Å². The van der Waals surface area contributed by atoms with Crippen LogP contribution in [0.1, 0.15) is 16.8 Å². The van der Waals surface area contributed by atoms with E-state index in [4.69, 9.17) is 0 Å². The van der Waals surface area contributed by atoms with Gasteiger partial charge in [-0.3, -0.25) is 4.79 Å². The zero-order chi connectivity index (χ0) is 14.9. The van der Waals surface area contributed by atoms with Crippen molar-refractivity contribution in [2.45, 2.75) is 12.0 Å². The van der Waals surface area contributed by atoms with E-state index in [0.717, 1.165) is 12.1 Å². The van der Waals surface area contributed by atoms with Crippen LogP contribution >= 0.6 is 0 Å². The number of halogens is 2. The van der Waals surface area contributed by atoms with Gasteiger partial charge in [0.15, 0.2) is 0 Å². The lowest BCUT2D eigenvalue weighted by molar-refractivity contribution is 0.0234. The third kappa shape index (κ3) is 2.96. The van der Waals surface area contributed by atoms with Crippen molar-refractivity contribution in [2.24, 2.45) is 0 Å². The fourth-order valence-corrected chi connectivity index (χ4v) is 2.61. The van der Waals surface area contributed by atoms with E-state index in [1.807, 2.05) is 19.0 Å². The molecule has 1 N–H and O–H groups in total. The second kappa shape index (κ2) is 5.46. The number of carbonyl (C=O) groups is 1. The van der Waals surface area contributed by atoms with Crippen molar-refractivity contribution < 1.29 is 18.7 Å². The number of rotatable bonds is 3. The minimum Gasteiger partial charge on any atom is -0.387 e. The summed E-state index contributed by atoms with van der Waals surface area (Å²) in [6, 6.07) is 3.32. The Hall–Kier alpha value is -1.53. The van der Waals surface area contributed by atoms with Crippen LogP contribution in [0.4, 0.5) is 8.78 Å². The van der Waals surface area contributed by atoms with Crippen molar-refractivity contribution in [1.29, 1.82) is 0 Å². The maximum Gasteiger partial charge on any atom is 0.259 e. The van der Waals surface area contributed by atoms with Gasteiger partial charge in [0, 0.05) is 13.1 Å². The molecule has 1 aromatic carbocycles. The summed E-state index contributed by atoms with van der Waals surface area (Å²) in [6.07, 6.45) is 0.396. The molecule has 0 unspecified atom stereocenters. The molecule has 0 radical (unpaired) electrons. The Kier molecular flexibility index (Phi) is 4.06. The summed E-state index contributed by atoms with van der Waals surface area (Å²) in [4.78, 5) is 15.3. The number of amides is 1. The zero-order valence-electron chi connectivity index (χ0n) is 11.6. The molecule has 0 saturated carbocycles. The van der Waals surface area contributed by atoms with Gasteiger partial charge in [-0.1, -0.05) is 6.07 Å². The Morgan fingerprint density at radius 1 is 1.40 bits per heavy atom. The van der Waals surface area contributed by atoms with Crippen molar-refractivity contribution in [3.8, 4) is 0 Å². The molecule has 2 rings (SSSR count). The molecule has 110 valence electrons. The van der Waals surface area contributed by atoms with Crippen molar-refractivity contribution in [3.05, 3.63) is 35.4 Å². The van der Waals surface area contributed by atoms with E-state index in [-0.39, 0.29) is 13.1 Å². The molecular formula is C14H18F2N2O2. The smallest absolute Gasteiger partial charge is 0.259 e. The molecule has 4 nitrogen and oxygen atoms in total. The molecule has 0 spiro atoms. The second-order valence-corrected chi connectivity index (χ2v) is 5.54. The van der Waals surface area contributed by atoms with E-state index in [9.17, 15) is 18.7 Å². The average Bonchev–Trinajstić information content (AvgIpc) is 2.70. The summed E-state index contributed by atoms with van der Waals surface area (Å²) < 4.78 is 27.2. The van der Waals surface area contributed by atoms with Gasteiger partial charge in [-0.2, -0.15) is 0 Å². The number of hydrogen-bond donors (Lipinski definition) is 1. The van der Waals surface area contributed by atoms with Crippen molar-refractivity contribution in [1.82, 2.24) is 9.80 Å². The number of nitrogens with zero attached hydrogens (tertiary/aromatic N) is 2.